The minimum Gasteiger partial charge on any atom is -0.0616 e. The second-order valence-electron chi connectivity index (χ2n) is 10.7. The summed E-state index contributed by atoms with van der Waals surface area (Å²) in [5, 5.41) is 20.7. The fourth-order valence-corrected chi connectivity index (χ4v) is 6.44. The summed E-state index contributed by atoms with van der Waals surface area (Å²) in [6, 6.07) is 50.0. The highest BCUT2D eigenvalue weighted by molar-refractivity contribution is 6.17. The van der Waals surface area contributed by atoms with Gasteiger partial charge in [-0.3, -0.25) is 0 Å². The molecule has 0 aromatic heterocycles. The summed E-state index contributed by atoms with van der Waals surface area (Å²) in [5.74, 6) is 0. The Morgan fingerprint density at radius 2 is 0.421 bits per heavy atom. The lowest BCUT2D eigenvalue weighted by Crippen LogP contribution is -1.83. The lowest BCUT2D eigenvalue weighted by atomic mass is 9.93. The second-order valence-corrected chi connectivity index (χ2v) is 10.7. The Bertz CT molecular complexity index is 2420. The minimum absolute atomic E-state index is 1.29. The van der Waals surface area contributed by atoms with Gasteiger partial charge in [0.15, 0.2) is 0 Å². The zero-order valence-corrected chi connectivity index (χ0v) is 20.7. The van der Waals surface area contributed by atoms with E-state index in [1.54, 1.807) is 0 Å². The Kier molecular flexibility index (Phi) is 3.88. The first-order valence-electron chi connectivity index (χ1n) is 13.2. The molecule has 0 spiro atoms. The van der Waals surface area contributed by atoms with Gasteiger partial charge < -0.3 is 0 Å². The molecule has 0 heterocycles. The van der Waals surface area contributed by atoms with Crippen molar-refractivity contribution in [1.82, 2.24) is 0 Å². The van der Waals surface area contributed by atoms with Crippen molar-refractivity contribution < 1.29 is 0 Å². The number of benzene rings is 9. The van der Waals surface area contributed by atoms with Gasteiger partial charge in [0.05, 0.1) is 0 Å². The maximum Gasteiger partial charge on any atom is -0.00988 e. The van der Waals surface area contributed by atoms with Crippen LogP contribution in [0.4, 0.5) is 0 Å². The molecule has 0 bridgehead atoms. The fraction of sp³-hybridized carbons (Fsp3) is 0. The van der Waals surface area contributed by atoms with Crippen LogP contribution in [0.3, 0.4) is 0 Å². The Labute approximate surface area is 219 Å². The number of hydrogen-bond donors (Lipinski definition) is 0. The normalized spacial score (nSPS) is 12.2. The fourth-order valence-electron chi connectivity index (χ4n) is 6.44. The third kappa shape index (κ3) is 2.92. The Morgan fingerprint density at radius 1 is 0.184 bits per heavy atom. The van der Waals surface area contributed by atoms with Crippen molar-refractivity contribution in [2.24, 2.45) is 0 Å². The van der Waals surface area contributed by atoms with Gasteiger partial charge in [-0.1, -0.05) is 60.7 Å². The summed E-state index contributed by atoms with van der Waals surface area (Å²) >= 11 is 0. The van der Waals surface area contributed by atoms with Crippen LogP contribution < -0.4 is 0 Å². The molecule has 0 aliphatic carbocycles. The number of fused-ring (bicyclic) bond motifs is 9. The maximum absolute atomic E-state index is 2.39. The number of hydrogen-bond acceptors (Lipinski definition) is 0. The van der Waals surface area contributed by atoms with E-state index in [4.69, 9.17) is 0 Å². The lowest BCUT2D eigenvalue weighted by molar-refractivity contribution is 1.78. The molecule has 38 heavy (non-hydrogen) atoms. The Balaban J connectivity index is 1.31. The predicted molar refractivity (Wildman–Crippen MR) is 166 cm³/mol. The van der Waals surface area contributed by atoms with E-state index in [1.165, 1.54) is 86.2 Å². The molecule has 174 valence electrons. The van der Waals surface area contributed by atoms with Crippen molar-refractivity contribution in [2.75, 3.05) is 0 Å². The summed E-state index contributed by atoms with van der Waals surface area (Å²) in [6.07, 6.45) is 0. The Hall–Kier alpha value is -4.94. The van der Waals surface area contributed by atoms with Crippen LogP contribution in [-0.4, -0.2) is 0 Å². The van der Waals surface area contributed by atoms with Gasteiger partial charge in [-0.05, 0) is 159 Å². The van der Waals surface area contributed by atoms with Gasteiger partial charge >= 0.3 is 0 Å². The Morgan fingerprint density at radius 3 is 0.816 bits per heavy atom. The third-order valence-electron chi connectivity index (χ3n) is 8.39. The molecular formula is C38H22. The molecule has 0 saturated carbocycles. The van der Waals surface area contributed by atoms with Crippen LogP contribution in [0.2, 0.25) is 0 Å². The maximum atomic E-state index is 2.39. The van der Waals surface area contributed by atoms with Crippen LogP contribution in [-0.2, 0) is 0 Å². The molecule has 9 aromatic carbocycles. The van der Waals surface area contributed by atoms with E-state index in [0.717, 1.165) is 0 Å². The number of rotatable bonds is 0. The van der Waals surface area contributed by atoms with Crippen molar-refractivity contribution in [3.63, 3.8) is 0 Å². The first-order chi connectivity index (χ1) is 18.7. The lowest BCUT2D eigenvalue weighted by Gasteiger charge is -2.11. The van der Waals surface area contributed by atoms with Gasteiger partial charge in [-0.15, -0.1) is 0 Å². The van der Waals surface area contributed by atoms with E-state index in [0.29, 0.717) is 0 Å². The summed E-state index contributed by atoms with van der Waals surface area (Å²) < 4.78 is 0. The monoisotopic (exact) mass is 478 g/mol. The van der Waals surface area contributed by atoms with E-state index in [1.807, 2.05) is 0 Å². The highest BCUT2D eigenvalue weighted by atomic mass is 14.1. The molecule has 0 saturated heterocycles. The molecule has 9 aromatic rings. The topological polar surface area (TPSA) is 0 Å². The van der Waals surface area contributed by atoms with Gasteiger partial charge in [-0.25, -0.2) is 0 Å². The minimum atomic E-state index is 1.29. The average Bonchev–Trinajstić information content (AvgIpc) is 2.95. The predicted octanol–water partition coefficient (Wildman–Crippen LogP) is 10.9. The molecule has 0 aliphatic rings. The van der Waals surface area contributed by atoms with Crippen molar-refractivity contribution in [2.45, 2.75) is 0 Å². The zero-order chi connectivity index (χ0) is 24.8. The average molecular weight is 479 g/mol. The second kappa shape index (κ2) is 7.31. The summed E-state index contributed by atoms with van der Waals surface area (Å²) in [5.41, 5.74) is 0. The van der Waals surface area contributed by atoms with Crippen molar-refractivity contribution in [3.05, 3.63) is 133 Å². The first-order valence-corrected chi connectivity index (χ1v) is 13.2. The van der Waals surface area contributed by atoms with E-state index < -0.39 is 0 Å². The largest absolute Gasteiger partial charge is 0.0616 e. The van der Waals surface area contributed by atoms with Crippen molar-refractivity contribution >= 4 is 86.2 Å². The zero-order valence-electron chi connectivity index (χ0n) is 20.7. The highest BCUT2D eigenvalue weighted by Crippen LogP contribution is 2.35. The van der Waals surface area contributed by atoms with Crippen molar-refractivity contribution in [3.8, 4) is 0 Å². The summed E-state index contributed by atoms with van der Waals surface area (Å²) in [6.45, 7) is 0. The van der Waals surface area contributed by atoms with E-state index in [9.17, 15) is 0 Å². The van der Waals surface area contributed by atoms with E-state index >= 15 is 0 Å². The highest BCUT2D eigenvalue weighted by Gasteiger charge is 2.08. The molecule has 0 nitrogen and oxygen atoms in total. The summed E-state index contributed by atoms with van der Waals surface area (Å²) in [7, 11) is 0. The van der Waals surface area contributed by atoms with E-state index in [-0.39, 0.29) is 0 Å². The van der Waals surface area contributed by atoms with Crippen LogP contribution in [0, 0.1) is 0 Å². The quantitative estimate of drug-likeness (QED) is 0.150. The third-order valence-corrected chi connectivity index (χ3v) is 8.39. The molecule has 0 radical (unpaired) electrons. The molecule has 0 aliphatic heterocycles. The van der Waals surface area contributed by atoms with Crippen LogP contribution in [0.25, 0.3) is 86.2 Å². The summed E-state index contributed by atoms with van der Waals surface area (Å²) in [4.78, 5) is 0. The smallest absolute Gasteiger partial charge is 0.00988 e. The van der Waals surface area contributed by atoms with Crippen LogP contribution in [0.5, 0.6) is 0 Å². The van der Waals surface area contributed by atoms with Gasteiger partial charge in [0.25, 0.3) is 0 Å². The van der Waals surface area contributed by atoms with Gasteiger partial charge in [0.1, 0.15) is 0 Å². The van der Waals surface area contributed by atoms with Crippen LogP contribution >= 0.6 is 0 Å². The molecular weight excluding hydrogens is 456 g/mol. The van der Waals surface area contributed by atoms with Crippen molar-refractivity contribution in [1.29, 1.82) is 0 Å². The first kappa shape index (κ1) is 20.2. The van der Waals surface area contributed by atoms with Gasteiger partial charge in [0, 0.05) is 0 Å². The molecule has 9 rings (SSSR count). The molecule has 0 heteroatoms. The van der Waals surface area contributed by atoms with Gasteiger partial charge in [0.2, 0.25) is 0 Å². The van der Waals surface area contributed by atoms with Crippen LogP contribution in [0.15, 0.2) is 133 Å². The SMILES string of the molecule is c1ccc2cc3cc4cc5cc6cc7c(ccc8cc9ccccc9cc87)cc6cc5cc4cc3cc2c1. The van der Waals surface area contributed by atoms with Gasteiger partial charge in [-0.2, -0.15) is 0 Å². The molecule has 0 atom stereocenters. The molecule has 0 amide bonds. The van der Waals surface area contributed by atoms with Crippen LogP contribution in [0.1, 0.15) is 0 Å². The molecule has 0 fully saturated rings. The molecule has 0 N–H and O–H groups in total. The standard InChI is InChI=1S/C38H22/c1-2-7-25-13-30-16-33-19-35-20-36-22-38-28(10-9-27-11-23-5-3-4-8-26(23)21-37(27)38)14-31(36)17-34(35)18-32(33)15-29(30)12-24(25)6-1/h1-22H. The molecule has 0 unspecified atom stereocenters. The van der Waals surface area contributed by atoms with E-state index in [2.05, 4.69) is 133 Å².